The van der Waals surface area contributed by atoms with Gasteiger partial charge >= 0.3 is 19.8 Å². The third-order valence-corrected chi connectivity index (χ3v) is 7.04. The molecule has 0 aliphatic heterocycles. The van der Waals surface area contributed by atoms with Crippen LogP contribution in [0.3, 0.4) is 0 Å². The summed E-state index contributed by atoms with van der Waals surface area (Å²) in [4.78, 5) is 42.3. The summed E-state index contributed by atoms with van der Waals surface area (Å²) >= 11 is 0. The second-order valence-electron chi connectivity index (χ2n) is 10.8. The second-order valence-corrected chi connectivity index (χ2v) is 12.0. The van der Waals surface area contributed by atoms with E-state index < -0.39 is 32.5 Å². The van der Waals surface area contributed by atoms with Crippen LogP contribution in [0.2, 0.25) is 0 Å². The average molecular weight is 639 g/mol. The van der Waals surface area contributed by atoms with Gasteiger partial charge in [0.2, 0.25) is 0 Å². The highest BCUT2D eigenvalue weighted by Crippen LogP contribution is 2.35. The minimum Gasteiger partial charge on any atom is -0.462 e. The Morgan fingerprint density at radius 2 is 1.07 bits per heavy atom. The molecule has 0 aromatic heterocycles. The molecule has 0 radical (unpaired) electrons. The number of ether oxygens (including phenoxy) is 2. The van der Waals surface area contributed by atoms with Crippen LogP contribution in [-0.2, 0) is 28.2 Å². The van der Waals surface area contributed by atoms with Crippen LogP contribution in [0.15, 0.2) is 60.8 Å². The van der Waals surface area contributed by atoms with E-state index in [1.54, 1.807) is 0 Å². The summed E-state index contributed by atoms with van der Waals surface area (Å²) < 4.78 is 26.0. The number of carbonyl (C=O) groups is 2. The maximum Gasteiger partial charge on any atom is 0.469 e. The molecule has 0 saturated carbocycles. The predicted molar refractivity (Wildman–Crippen MR) is 179 cm³/mol. The Bertz CT molecular complexity index is 900. The average Bonchev–Trinajstić information content (AvgIpc) is 2.98. The first-order valence-corrected chi connectivity index (χ1v) is 18.1. The van der Waals surface area contributed by atoms with Crippen molar-refractivity contribution in [3.05, 3.63) is 60.8 Å². The van der Waals surface area contributed by atoms with Gasteiger partial charge in [-0.2, -0.15) is 0 Å². The van der Waals surface area contributed by atoms with Crippen LogP contribution in [0.4, 0.5) is 0 Å². The zero-order chi connectivity index (χ0) is 32.6. The molecule has 0 heterocycles. The Morgan fingerprint density at radius 3 is 1.61 bits per heavy atom. The molecule has 0 aliphatic carbocycles. The summed E-state index contributed by atoms with van der Waals surface area (Å²) in [6.07, 6.45) is 36.9. The van der Waals surface area contributed by atoms with Crippen molar-refractivity contribution in [1.82, 2.24) is 0 Å². The van der Waals surface area contributed by atoms with E-state index in [9.17, 15) is 14.2 Å². The standard InChI is InChI=1S/C35H59O8P/c1-3-5-7-9-11-12-13-14-15-16-17-18-19-20-21-22-24-25-27-29-34(36)41-31-33(32-42-44(38,39)40)43-35(37)30-28-26-23-10-8-6-4-2/h11-12,14-15,17-18,20-21,24-25,33H,3-10,13,16,19,22-23,26-32H2,1-2H3,(H2,38,39,40)/b12-11+,15-14+,18-17+,21-20+,25-24+/t33-/m1/s1. The van der Waals surface area contributed by atoms with Crippen LogP contribution in [0.1, 0.15) is 129 Å². The first-order valence-electron chi connectivity index (χ1n) is 16.6. The Labute approximate surface area is 267 Å². The number of carbonyl (C=O) groups excluding carboxylic acids is 2. The lowest BCUT2D eigenvalue weighted by molar-refractivity contribution is -0.161. The molecule has 0 bridgehead atoms. The first-order chi connectivity index (χ1) is 21.3. The van der Waals surface area contributed by atoms with Gasteiger partial charge in [-0.05, 0) is 51.4 Å². The third kappa shape index (κ3) is 32.7. The summed E-state index contributed by atoms with van der Waals surface area (Å²) in [5, 5.41) is 0. The fourth-order valence-corrected chi connectivity index (χ4v) is 4.42. The predicted octanol–water partition coefficient (Wildman–Crippen LogP) is 9.39. The zero-order valence-corrected chi connectivity index (χ0v) is 28.2. The summed E-state index contributed by atoms with van der Waals surface area (Å²) in [5.41, 5.74) is 0. The van der Waals surface area contributed by atoms with E-state index in [1.165, 1.54) is 44.9 Å². The fraction of sp³-hybridized carbons (Fsp3) is 0.657. The fourth-order valence-electron chi connectivity index (χ4n) is 4.06. The molecule has 252 valence electrons. The van der Waals surface area contributed by atoms with Crippen molar-refractivity contribution in [1.29, 1.82) is 0 Å². The lowest BCUT2D eigenvalue weighted by Gasteiger charge is -2.18. The van der Waals surface area contributed by atoms with Gasteiger partial charge in [-0.3, -0.25) is 14.1 Å². The maximum atomic E-state index is 12.2. The summed E-state index contributed by atoms with van der Waals surface area (Å²) in [6.45, 7) is 3.50. The van der Waals surface area contributed by atoms with Gasteiger partial charge in [0, 0.05) is 12.8 Å². The summed E-state index contributed by atoms with van der Waals surface area (Å²) in [7, 11) is -4.75. The number of unbranched alkanes of at least 4 members (excludes halogenated alkanes) is 9. The topological polar surface area (TPSA) is 119 Å². The van der Waals surface area contributed by atoms with Crippen LogP contribution in [0, 0.1) is 0 Å². The van der Waals surface area contributed by atoms with E-state index in [1.807, 2.05) is 12.2 Å². The van der Waals surface area contributed by atoms with Crippen molar-refractivity contribution in [3.8, 4) is 0 Å². The van der Waals surface area contributed by atoms with Gasteiger partial charge < -0.3 is 19.3 Å². The van der Waals surface area contributed by atoms with E-state index >= 15 is 0 Å². The lowest BCUT2D eigenvalue weighted by Crippen LogP contribution is -2.29. The van der Waals surface area contributed by atoms with Crippen LogP contribution < -0.4 is 0 Å². The SMILES string of the molecule is CCCCC/C=C/C/C=C/C/C=C/C/C=C/C/C=C/CCC(=O)OC[C@H](COP(=O)(O)O)OC(=O)CCCCCCCCC. The van der Waals surface area contributed by atoms with E-state index in [4.69, 9.17) is 19.3 Å². The minimum absolute atomic E-state index is 0.142. The van der Waals surface area contributed by atoms with Gasteiger partial charge in [-0.1, -0.05) is 126 Å². The first kappa shape index (κ1) is 41.8. The van der Waals surface area contributed by atoms with Crippen LogP contribution in [-0.4, -0.2) is 41.0 Å². The van der Waals surface area contributed by atoms with Gasteiger partial charge in [-0.25, -0.2) is 4.57 Å². The monoisotopic (exact) mass is 638 g/mol. The van der Waals surface area contributed by atoms with E-state index in [2.05, 4.69) is 67.0 Å². The van der Waals surface area contributed by atoms with Crippen molar-refractivity contribution in [2.45, 2.75) is 136 Å². The molecule has 0 unspecified atom stereocenters. The second kappa shape index (κ2) is 30.8. The van der Waals surface area contributed by atoms with Crippen LogP contribution in [0.5, 0.6) is 0 Å². The van der Waals surface area contributed by atoms with Gasteiger partial charge in [0.25, 0.3) is 0 Å². The summed E-state index contributed by atoms with van der Waals surface area (Å²) in [5.74, 6) is -0.995. The highest BCUT2D eigenvalue weighted by molar-refractivity contribution is 7.46. The van der Waals surface area contributed by atoms with Crippen molar-refractivity contribution in [2.75, 3.05) is 13.2 Å². The number of hydrogen-bond acceptors (Lipinski definition) is 6. The normalized spacial score (nSPS) is 13.3. The highest BCUT2D eigenvalue weighted by Gasteiger charge is 2.22. The molecular formula is C35H59O8P. The lowest BCUT2D eigenvalue weighted by atomic mass is 10.1. The van der Waals surface area contributed by atoms with Crippen molar-refractivity contribution >= 4 is 19.8 Å². The molecule has 1 atom stereocenters. The van der Waals surface area contributed by atoms with E-state index in [0.29, 0.717) is 12.8 Å². The molecule has 0 amide bonds. The molecule has 8 nitrogen and oxygen atoms in total. The Hall–Kier alpha value is -2.25. The number of hydrogen-bond donors (Lipinski definition) is 2. The molecular weight excluding hydrogens is 579 g/mol. The molecule has 0 rings (SSSR count). The van der Waals surface area contributed by atoms with Crippen molar-refractivity contribution in [3.63, 3.8) is 0 Å². The molecule has 9 heteroatoms. The molecule has 2 N–H and O–H groups in total. The van der Waals surface area contributed by atoms with Gasteiger partial charge in [0.15, 0.2) is 6.10 Å². The highest BCUT2D eigenvalue weighted by atomic mass is 31.2. The van der Waals surface area contributed by atoms with Gasteiger partial charge in [0.1, 0.15) is 6.61 Å². The van der Waals surface area contributed by atoms with Gasteiger partial charge in [-0.15, -0.1) is 0 Å². The molecule has 0 saturated heterocycles. The number of esters is 2. The van der Waals surface area contributed by atoms with Crippen LogP contribution >= 0.6 is 7.82 Å². The number of rotatable bonds is 29. The summed E-state index contributed by atoms with van der Waals surface area (Å²) in [6, 6.07) is 0. The third-order valence-electron chi connectivity index (χ3n) is 6.55. The maximum absolute atomic E-state index is 12.2. The van der Waals surface area contributed by atoms with Crippen molar-refractivity contribution in [2.24, 2.45) is 0 Å². The molecule has 0 spiro atoms. The number of allylic oxidation sites excluding steroid dienone is 10. The van der Waals surface area contributed by atoms with Gasteiger partial charge in [0.05, 0.1) is 6.61 Å². The molecule has 0 fully saturated rings. The molecule has 0 aliphatic rings. The number of phosphoric acid groups is 1. The van der Waals surface area contributed by atoms with Crippen molar-refractivity contribution < 1.29 is 37.9 Å². The quantitative estimate of drug-likeness (QED) is 0.0360. The van der Waals surface area contributed by atoms with E-state index in [-0.39, 0.29) is 19.4 Å². The Morgan fingerprint density at radius 1 is 0.591 bits per heavy atom. The minimum atomic E-state index is -4.75. The number of phosphoric ester groups is 1. The molecule has 0 aromatic rings. The van der Waals surface area contributed by atoms with Crippen LogP contribution in [0.25, 0.3) is 0 Å². The largest absolute Gasteiger partial charge is 0.469 e. The molecule has 0 aromatic carbocycles. The molecule has 44 heavy (non-hydrogen) atoms. The zero-order valence-electron chi connectivity index (χ0n) is 27.3. The van der Waals surface area contributed by atoms with E-state index in [0.717, 1.165) is 44.9 Å². The Kier molecular flexibility index (Phi) is 29.2. The smallest absolute Gasteiger partial charge is 0.462 e. The Balaban J connectivity index is 4.12.